The summed E-state index contributed by atoms with van der Waals surface area (Å²) in [7, 11) is 0. The average molecular weight is 326 g/mol. The molecule has 1 N–H and O–H groups in total. The van der Waals surface area contributed by atoms with Gasteiger partial charge in [0.05, 0.1) is 0 Å². The van der Waals surface area contributed by atoms with E-state index < -0.39 is 0 Å². The number of benzene rings is 2. The number of hydrogen-bond acceptors (Lipinski definition) is 1. The van der Waals surface area contributed by atoms with Crippen LogP contribution in [-0.4, -0.2) is 0 Å². The van der Waals surface area contributed by atoms with Crippen molar-refractivity contribution in [1.82, 2.24) is 0 Å². The number of nitrogens with one attached hydrogen (secondary N) is 1. The predicted octanol–water partition coefficient (Wildman–Crippen LogP) is 5.21. The van der Waals surface area contributed by atoms with Crippen molar-refractivity contribution in [1.29, 1.82) is 0 Å². The molecule has 0 fully saturated rings. The topological polar surface area (TPSA) is 12.0 Å². The summed E-state index contributed by atoms with van der Waals surface area (Å²) >= 11 is 3.34. The molecule has 2 aromatic carbocycles. The number of halogens is 3. The molecule has 0 aliphatic heterocycles. The third kappa shape index (κ3) is 3.13. The highest BCUT2D eigenvalue weighted by atomic mass is 79.9. The highest BCUT2D eigenvalue weighted by molar-refractivity contribution is 9.10. The van der Waals surface area contributed by atoms with E-state index in [1.54, 1.807) is 19.1 Å². The maximum Gasteiger partial charge on any atom is 0.128 e. The molecule has 100 valence electrons. The molecule has 2 aromatic rings. The number of rotatable bonds is 3. The normalized spacial score (nSPS) is 12.3. The van der Waals surface area contributed by atoms with Crippen molar-refractivity contribution in [2.24, 2.45) is 0 Å². The Morgan fingerprint density at radius 2 is 1.89 bits per heavy atom. The van der Waals surface area contributed by atoms with E-state index in [4.69, 9.17) is 0 Å². The Hall–Kier alpha value is -1.42. The first-order chi connectivity index (χ1) is 8.99. The highest BCUT2D eigenvalue weighted by Crippen LogP contribution is 2.28. The molecule has 19 heavy (non-hydrogen) atoms. The van der Waals surface area contributed by atoms with Crippen LogP contribution in [0.2, 0.25) is 0 Å². The van der Waals surface area contributed by atoms with Gasteiger partial charge in [0.15, 0.2) is 0 Å². The van der Waals surface area contributed by atoms with Gasteiger partial charge in [-0.15, -0.1) is 0 Å². The molecule has 0 spiro atoms. The van der Waals surface area contributed by atoms with Crippen LogP contribution in [0.1, 0.15) is 24.1 Å². The van der Waals surface area contributed by atoms with Crippen molar-refractivity contribution < 1.29 is 8.78 Å². The van der Waals surface area contributed by atoms with Gasteiger partial charge >= 0.3 is 0 Å². The van der Waals surface area contributed by atoms with Gasteiger partial charge in [0.2, 0.25) is 0 Å². The maximum atomic E-state index is 13.5. The molecule has 1 atom stereocenters. The van der Waals surface area contributed by atoms with Crippen LogP contribution in [0.5, 0.6) is 0 Å². The lowest BCUT2D eigenvalue weighted by molar-refractivity contribution is 0.618. The van der Waals surface area contributed by atoms with Crippen LogP contribution in [0.15, 0.2) is 40.9 Å². The molecule has 2 rings (SSSR count). The smallest absolute Gasteiger partial charge is 0.128 e. The summed E-state index contributed by atoms with van der Waals surface area (Å²) in [5, 5.41) is 3.24. The predicted molar refractivity (Wildman–Crippen MR) is 77.3 cm³/mol. The second kappa shape index (κ2) is 5.70. The molecule has 0 saturated carbocycles. The van der Waals surface area contributed by atoms with Gasteiger partial charge in [0, 0.05) is 21.8 Å². The van der Waals surface area contributed by atoms with Crippen molar-refractivity contribution in [2.45, 2.75) is 19.9 Å². The van der Waals surface area contributed by atoms with Gasteiger partial charge in [-0.05, 0) is 43.7 Å². The highest BCUT2D eigenvalue weighted by Gasteiger charge is 2.12. The van der Waals surface area contributed by atoms with Crippen molar-refractivity contribution in [3.63, 3.8) is 0 Å². The minimum absolute atomic E-state index is 0.0597. The fourth-order valence-electron chi connectivity index (χ4n) is 1.93. The molecule has 1 nitrogen and oxygen atoms in total. The Bertz CT molecular complexity index is 599. The average Bonchev–Trinajstić information content (AvgIpc) is 2.34. The van der Waals surface area contributed by atoms with Crippen molar-refractivity contribution in [2.75, 3.05) is 5.32 Å². The van der Waals surface area contributed by atoms with Gasteiger partial charge in [-0.2, -0.15) is 0 Å². The van der Waals surface area contributed by atoms with Crippen LogP contribution in [0, 0.1) is 18.6 Å². The minimum Gasteiger partial charge on any atom is -0.378 e. The fraction of sp³-hybridized carbons (Fsp3) is 0.200. The first-order valence-electron chi connectivity index (χ1n) is 5.95. The zero-order valence-corrected chi connectivity index (χ0v) is 12.3. The van der Waals surface area contributed by atoms with Crippen LogP contribution in [0.25, 0.3) is 0 Å². The second-order valence-electron chi connectivity index (χ2n) is 4.44. The van der Waals surface area contributed by atoms with E-state index in [-0.39, 0.29) is 17.7 Å². The van der Waals surface area contributed by atoms with Gasteiger partial charge < -0.3 is 5.32 Å². The summed E-state index contributed by atoms with van der Waals surface area (Å²) in [6, 6.07) is 9.41. The summed E-state index contributed by atoms with van der Waals surface area (Å²) in [6.07, 6.45) is 0. The molecule has 4 heteroatoms. The van der Waals surface area contributed by atoms with E-state index >= 15 is 0 Å². The Kier molecular flexibility index (Phi) is 4.20. The minimum atomic E-state index is -0.287. The fourth-order valence-corrected chi connectivity index (χ4v) is 2.62. The molecule has 0 bridgehead atoms. The quantitative estimate of drug-likeness (QED) is 0.816. The molecule has 0 aromatic heterocycles. The van der Waals surface area contributed by atoms with E-state index in [0.29, 0.717) is 10.0 Å². The summed E-state index contributed by atoms with van der Waals surface area (Å²) in [5.41, 5.74) is 2.24. The Balaban J connectivity index is 2.25. The second-order valence-corrected chi connectivity index (χ2v) is 5.30. The van der Waals surface area contributed by atoms with Crippen LogP contribution in [0.3, 0.4) is 0 Å². The van der Waals surface area contributed by atoms with Gasteiger partial charge in [0.1, 0.15) is 11.6 Å². The molecule has 0 amide bonds. The van der Waals surface area contributed by atoms with E-state index in [0.717, 1.165) is 11.3 Å². The summed E-state index contributed by atoms with van der Waals surface area (Å²) in [6.45, 7) is 3.67. The van der Waals surface area contributed by atoms with E-state index in [2.05, 4.69) is 21.2 Å². The van der Waals surface area contributed by atoms with E-state index in [1.165, 1.54) is 18.2 Å². The van der Waals surface area contributed by atoms with E-state index in [9.17, 15) is 8.78 Å². The monoisotopic (exact) mass is 325 g/mol. The van der Waals surface area contributed by atoms with E-state index in [1.807, 2.05) is 13.0 Å². The SMILES string of the molecule is Cc1c(F)cccc1NC(C)c1ccc(F)cc1Br. The zero-order chi connectivity index (χ0) is 14.0. The Morgan fingerprint density at radius 1 is 1.16 bits per heavy atom. The molecule has 0 aliphatic rings. The third-order valence-electron chi connectivity index (χ3n) is 3.07. The Labute approximate surface area is 119 Å². The third-order valence-corrected chi connectivity index (χ3v) is 3.76. The lowest BCUT2D eigenvalue weighted by Gasteiger charge is -2.19. The van der Waals surface area contributed by atoms with Gasteiger partial charge in [-0.1, -0.05) is 28.1 Å². The first-order valence-corrected chi connectivity index (χ1v) is 6.75. The standard InChI is InChI=1S/C15H14BrF2N/c1-9-14(18)4-3-5-15(9)19-10(2)12-7-6-11(17)8-13(12)16/h3-8,10,19H,1-2H3. The molecule has 0 aliphatic carbocycles. The van der Waals surface area contributed by atoms with Crippen LogP contribution in [0.4, 0.5) is 14.5 Å². The van der Waals surface area contributed by atoms with Crippen LogP contribution >= 0.6 is 15.9 Å². The summed E-state index contributed by atoms with van der Waals surface area (Å²) < 4.78 is 27.2. The zero-order valence-electron chi connectivity index (χ0n) is 10.7. The van der Waals surface area contributed by atoms with Gasteiger partial charge in [0.25, 0.3) is 0 Å². The molecule has 0 radical (unpaired) electrons. The van der Waals surface area contributed by atoms with Crippen molar-refractivity contribution in [3.05, 3.63) is 63.6 Å². The number of anilines is 1. The Morgan fingerprint density at radius 3 is 2.58 bits per heavy atom. The molecule has 1 unspecified atom stereocenters. The van der Waals surface area contributed by atoms with Crippen LogP contribution < -0.4 is 5.32 Å². The molecule has 0 saturated heterocycles. The molecular formula is C15H14BrF2N. The lowest BCUT2D eigenvalue weighted by atomic mass is 10.1. The summed E-state index contributed by atoms with van der Waals surface area (Å²) in [4.78, 5) is 0. The van der Waals surface area contributed by atoms with Gasteiger partial charge in [-0.3, -0.25) is 0 Å². The summed E-state index contributed by atoms with van der Waals surface area (Å²) in [5.74, 6) is -0.528. The number of hydrogen-bond donors (Lipinski definition) is 1. The van der Waals surface area contributed by atoms with Crippen molar-refractivity contribution >= 4 is 21.6 Å². The largest absolute Gasteiger partial charge is 0.378 e. The molecule has 0 heterocycles. The molecular weight excluding hydrogens is 312 g/mol. The maximum absolute atomic E-state index is 13.5. The first kappa shape index (κ1) is 14.0. The van der Waals surface area contributed by atoms with Gasteiger partial charge in [-0.25, -0.2) is 8.78 Å². The lowest BCUT2D eigenvalue weighted by Crippen LogP contribution is -2.09. The van der Waals surface area contributed by atoms with Crippen molar-refractivity contribution in [3.8, 4) is 0 Å². The van der Waals surface area contributed by atoms with Crippen LogP contribution in [-0.2, 0) is 0 Å².